The quantitative estimate of drug-likeness (QED) is 0.751. The molecule has 0 fully saturated rings. The van der Waals surface area contributed by atoms with Crippen LogP contribution in [0.4, 0.5) is 0 Å². The number of quaternary nitrogens is 1. The maximum absolute atomic E-state index is 12.7. The molecule has 3 N–H and O–H groups in total. The Morgan fingerprint density at radius 3 is 3.17 bits per heavy atom. The number of hydrogen-bond donors (Lipinski definition) is 2. The van der Waals surface area contributed by atoms with E-state index in [1.165, 1.54) is 21.7 Å². The van der Waals surface area contributed by atoms with Crippen LogP contribution in [0.1, 0.15) is 47.5 Å². The maximum Gasteiger partial charge on any atom is 0.260 e. The number of nitrogens with zero attached hydrogens (tertiary/aromatic N) is 1. The van der Waals surface area contributed by atoms with Gasteiger partial charge in [0, 0.05) is 4.88 Å². The fourth-order valence-electron chi connectivity index (χ4n) is 3.41. The number of nitrogens with one attached hydrogen (secondary N) is 1. The van der Waals surface area contributed by atoms with Gasteiger partial charge in [0.05, 0.1) is 10.3 Å². The van der Waals surface area contributed by atoms with E-state index in [-0.39, 0.29) is 11.6 Å². The second kappa shape index (κ2) is 6.43. The Morgan fingerprint density at radius 1 is 1.50 bits per heavy atom. The Kier molecular flexibility index (Phi) is 4.28. The molecular weight excluding hydrogens is 338 g/mol. The number of thiophene rings is 2. The van der Waals surface area contributed by atoms with Gasteiger partial charge in [-0.05, 0) is 49.1 Å². The highest BCUT2D eigenvalue weighted by Gasteiger charge is 2.24. The standard InChI is InChI=1S/C18H21N3OS2/c1-10-5-6-13-14(8-10)24-18-15(13)17(22)20-16(21-18)11(2)19-9-12-4-3-7-23-12/h3-4,7,10-11,19H,5-6,8-9H2,1-2H3,(H,20,21,22)/p+1/t10-,11+/m1/s1. The van der Waals surface area contributed by atoms with E-state index >= 15 is 0 Å². The molecule has 24 heavy (non-hydrogen) atoms. The van der Waals surface area contributed by atoms with Crippen LogP contribution in [0.3, 0.4) is 0 Å². The van der Waals surface area contributed by atoms with Gasteiger partial charge in [0.2, 0.25) is 0 Å². The van der Waals surface area contributed by atoms with Crippen LogP contribution in [0.15, 0.2) is 22.3 Å². The molecule has 0 radical (unpaired) electrons. The van der Waals surface area contributed by atoms with Crippen LogP contribution in [-0.4, -0.2) is 9.97 Å². The van der Waals surface area contributed by atoms with Crippen molar-refractivity contribution >= 4 is 32.9 Å². The minimum atomic E-state index is 0.0402. The second-order valence-corrected chi connectivity index (χ2v) is 8.91. The van der Waals surface area contributed by atoms with Gasteiger partial charge >= 0.3 is 0 Å². The summed E-state index contributed by atoms with van der Waals surface area (Å²) in [6, 6.07) is 4.35. The van der Waals surface area contributed by atoms with Crippen LogP contribution < -0.4 is 10.9 Å². The largest absolute Gasteiger partial charge is 0.333 e. The van der Waals surface area contributed by atoms with Crippen molar-refractivity contribution in [2.45, 2.75) is 45.7 Å². The first kappa shape index (κ1) is 16.0. The van der Waals surface area contributed by atoms with Crippen molar-refractivity contribution in [3.05, 3.63) is 49.0 Å². The molecule has 4 rings (SSSR count). The molecule has 0 saturated carbocycles. The number of aromatic amines is 1. The predicted octanol–water partition coefficient (Wildman–Crippen LogP) is 3.00. The van der Waals surface area contributed by atoms with Crippen molar-refractivity contribution in [2.75, 3.05) is 0 Å². The van der Waals surface area contributed by atoms with E-state index in [1.54, 1.807) is 22.7 Å². The zero-order valence-electron chi connectivity index (χ0n) is 14.0. The number of aryl methyl sites for hydroxylation is 1. The maximum atomic E-state index is 12.7. The van der Waals surface area contributed by atoms with Gasteiger partial charge < -0.3 is 10.3 Å². The van der Waals surface area contributed by atoms with Crippen molar-refractivity contribution < 1.29 is 5.32 Å². The molecule has 0 spiro atoms. The van der Waals surface area contributed by atoms with Crippen molar-refractivity contribution in [2.24, 2.45) is 5.92 Å². The summed E-state index contributed by atoms with van der Waals surface area (Å²) in [5.41, 5.74) is 1.29. The Labute approximate surface area is 149 Å². The first-order valence-corrected chi connectivity index (χ1v) is 10.2. The highest BCUT2D eigenvalue weighted by Crippen LogP contribution is 2.35. The average Bonchev–Trinajstić information content (AvgIpc) is 3.18. The van der Waals surface area contributed by atoms with Gasteiger partial charge in [-0.2, -0.15) is 0 Å². The molecule has 3 aromatic rings. The molecule has 6 heteroatoms. The fraction of sp³-hybridized carbons (Fsp3) is 0.444. The lowest BCUT2D eigenvalue weighted by Gasteiger charge is -2.17. The number of hydrogen-bond acceptors (Lipinski definition) is 4. The number of nitrogens with two attached hydrogens (primary N) is 1. The van der Waals surface area contributed by atoms with Gasteiger partial charge in [-0.3, -0.25) is 4.79 Å². The van der Waals surface area contributed by atoms with Gasteiger partial charge in [-0.1, -0.05) is 13.0 Å². The zero-order valence-corrected chi connectivity index (χ0v) is 15.6. The number of fused-ring (bicyclic) bond motifs is 3. The molecule has 0 bridgehead atoms. The van der Waals surface area contributed by atoms with E-state index in [9.17, 15) is 4.79 Å². The van der Waals surface area contributed by atoms with Crippen LogP contribution in [0, 0.1) is 5.92 Å². The van der Waals surface area contributed by atoms with Crippen LogP contribution in [0.2, 0.25) is 0 Å². The Bertz CT molecular complexity index is 910. The van der Waals surface area contributed by atoms with Crippen molar-refractivity contribution in [1.29, 1.82) is 0 Å². The van der Waals surface area contributed by atoms with Gasteiger partial charge in [0.1, 0.15) is 17.4 Å². The normalized spacial score (nSPS) is 18.7. The number of H-pyrrole nitrogens is 1. The Hall–Kier alpha value is -1.50. The Morgan fingerprint density at radius 2 is 2.38 bits per heavy atom. The molecular formula is C18H22N3OS2+. The van der Waals surface area contributed by atoms with E-state index in [4.69, 9.17) is 4.98 Å². The summed E-state index contributed by atoms with van der Waals surface area (Å²) in [4.78, 5) is 24.1. The summed E-state index contributed by atoms with van der Waals surface area (Å²) in [6.07, 6.45) is 3.27. The molecule has 0 saturated heterocycles. The van der Waals surface area contributed by atoms with Gasteiger partial charge in [0.15, 0.2) is 5.82 Å². The smallest absolute Gasteiger partial charge is 0.260 e. The molecule has 0 amide bonds. The molecule has 2 atom stereocenters. The lowest BCUT2D eigenvalue weighted by Crippen LogP contribution is -2.83. The summed E-state index contributed by atoms with van der Waals surface area (Å²) >= 11 is 3.48. The van der Waals surface area contributed by atoms with Gasteiger partial charge in [-0.15, -0.1) is 22.7 Å². The van der Waals surface area contributed by atoms with Crippen LogP contribution in [-0.2, 0) is 19.4 Å². The summed E-state index contributed by atoms with van der Waals surface area (Å²) in [5.74, 6) is 1.50. The van der Waals surface area contributed by atoms with Crippen LogP contribution in [0.5, 0.6) is 0 Å². The number of aromatic nitrogens is 2. The minimum Gasteiger partial charge on any atom is -0.333 e. The minimum absolute atomic E-state index is 0.0402. The van der Waals surface area contributed by atoms with E-state index in [0.717, 1.165) is 35.4 Å². The lowest BCUT2D eigenvalue weighted by molar-refractivity contribution is -0.708. The number of rotatable bonds is 4. The van der Waals surface area contributed by atoms with E-state index in [0.29, 0.717) is 5.92 Å². The van der Waals surface area contributed by atoms with Crippen LogP contribution >= 0.6 is 22.7 Å². The molecule has 4 nitrogen and oxygen atoms in total. The predicted molar refractivity (Wildman–Crippen MR) is 99.8 cm³/mol. The molecule has 3 heterocycles. The highest BCUT2D eigenvalue weighted by molar-refractivity contribution is 7.18. The molecule has 0 unspecified atom stereocenters. The third-order valence-electron chi connectivity index (χ3n) is 4.87. The third kappa shape index (κ3) is 2.94. The van der Waals surface area contributed by atoms with E-state index in [2.05, 4.69) is 41.7 Å². The van der Waals surface area contributed by atoms with Crippen molar-refractivity contribution in [3.8, 4) is 0 Å². The average molecular weight is 361 g/mol. The zero-order chi connectivity index (χ0) is 16.7. The molecule has 126 valence electrons. The fourth-order valence-corrected chi connectivity index (χ4v) is 5.49. The highest BCUT2D eigenvalue weighted by atomic mass is 32.1. The molecule has 1 aliphatic carbocycles. The lowest BCUT2D eigenvalue weighted by atomic mass is 9.89. The molecule has 1 aliphatic rings. The van der Waals surface area contributed by atoms with Crippen LogP contribution in [0.25, 0.3) is 10.2 Å². The molecule has 0 aromatic carbocycles. The topological polar surface area (TPSA) is 62.4 Å². The summed E-state index contributed by atoms with van der Waals surface area (Å²) in [7, 11) is 0. The first-order valence-electron chi connectivity index (χ1n) is 8.52. The first-order chi connectivity index (χ1) is 11.6. The van der Waals surface area contributed by atoms with Gasteiger partial charge in [0.25, 0.3) is 5.56 Å². The molecule has 0 aliphatic heterocycles. The van der Waals surface area contributed by atoms with E-state index < -0.39 is 0 Å². The van der Waals surface area contributed by atoms with E-state index in [1.807, 2.05) is 0 Å². The Balaban J connectivity index is 1.64. The summed E-state index contributed by atoms with van der Waals surface area (Å²) < 4.78 is 0. The SMILES string of the molecule is C[C@@H]1CCc2c(sc3nc([C@H](C)[NH2+]Cc4cccs4)[nH]c(=O)c23)C1. The third-order valence-corrected chi connectivity index (χ3v) is 6.91. The van der Waals surface area contributed by atoms with Gasteiger partial charge in [-0.25, -0.2) is 4.98 Å². The monoisotopic (exact) mass is 360 g/mol. The van der Waals surface area contributed by atoms with Crippen molar-refractivity contribution in [3.63, 3.8) is 0 Å². The summed E-state index contributed by atoms with van der Waals surface area (Å²) in [6.45, 7) is 5.31. The summed E-state index contributed by atoms with van der Waals surface area (Å²) in [5, 5.41) is 5.17. The van der Waals surface area contributed by atoms with Crippen molar-refractivity contribution in [1.82, 2.24) is 9.97 Å². The second-order valence-electron chi connectivity index (χ2n) is 6.79. The molecule has 3 aromatic heterocycles.